The lowest BCUT2D eigenvalue weighted by Crippen LogP contribution is -2.31. The molecule has 1 saturated heterocycles. The van der Waals surface area contributed by atoms with Gasteiger partial charge in [-0.05, 0) is 30.7 Å². The second-order valence-corrected chi connectivity index (χ2v) is 8.34. The predicted octanol–water partition coefficient (Wildman–Crippen LogP) is 6.46. The van der Waals surface area contributed by atoms with Gasteiger partial charge >= 0.3 is 0 Å². The number of nitrogens with zero attached hydrogens (tertiary/aromatic N) is 2. The lowest BCUT2D eigenvalue weighted by Gasteiger charge is -2.32. The van der Waals surface area contributed by atoms with Gasteiger partial charge in [0.2, 0.25) is 0 Å². The Labute approximate surface area is 181 Å². The Morgan fingerprint density at radius 3 is 2.10 bits per heavy atom. The van der Waals surface area contributed by atoms with Gasteiger partial charge in [0, 0.05) is 47.4 Å². The normalized spacial score (nSPS) is 17.7. The molecule has 4 rings (SSSR count). The molecule has 0 N–H and O–H groups in total. The van der Waals surface area contributed by atoms with Crippen LogP contribution in [0, 0.1) is 12.7 Å². The van der Waals surface area contributed by atoms with E-state index in [-0.39, 0.29) is 12.0 Å². The van der Waals surface area contributed by atoms with Crippen molar-refractivity contribution in [1.82, 2.24) is 9.80 Å². The summed E-state index contributed by atoms with van der Waals surface area (Å²) in [5.74, 6) is -0.187. The zero-order chi connectivity index (χ0) is 20.4. The van der Waals surface area contributed by atoms with E-state index in [9.17, 15) is 4.39 Å². The maximum Gasteiger partial charge on any atom is 0.127 e. The van der Waals surface area contributed by atoms with Gasteiger partial charge in [0.1, 0.15) is 5.82 Å². The fraction of sp³-hybridized carbons (Fsp3) is 0.250. The molecule has 3 aromatic rings. The van der Waals surface area contributed by atoms with Crippen LogP contribution in [0.1, 0.15) is 28.4 Å². The van der Waals surface area contributed by atoms with E-state index in [1.165, 1.54) is 17.2 Å². The van der Waals surface area contributed by atoms with Crippen LogP contribution in [0.15, 0.2) is 66.7 Å². The number of rotatable bonds is 5. The monoisotopic (exact) mass is 428 g/mol. The molecule has 0 amide bonds. The van der Waals surface area contributed by atoms with Crippen LogP contribution in [-0.2, 0) is 13.1 Å². The summed E-state index contributed by atoms with van der Waals surface area (Å²) >= 11 is 13.2. The molecule has 29 heavy (non-hydrogen) atoms. The molecular weight excluding hydrogens is 406 g/mol. The van der Waals surface area contributed by atoms with E-state index in [2.05, 4.69) is 41.0 Å². The molecule has 1 aliphatic rings. The third-order valence-electron chi connectivity index (χ3n) is 5.46. The third-order valence-corrected chi connectivity index (χ3v) is 6.12. The number of hydrogen-bond acceptors (Lipinski definition) is 2. The Morgan fingerprint density at radius 1 is 0.828 bits per heavy atom. The highest BCUT2D eigenvalue weighted by atomic mass is 35.5. The summed E-state index contributed by atoms with van der Waals surface area (Å²) in [6, 6.07) is 21.1. The first-order valence-corrected chi connectivity index (χ1v) is 10.5. The van der Waals surface area contributed by atoms with Gasteiger partial charge in [-0.2, -0.15) is 0 Å². The van der Waals surface area contributed by atoms with Crippen LogP contribution in [0.4, 0.5) is 4.39 Å². The Balaban J connectivity index is 1.68. The maximum absolute atomic E-state index is 14.3. The Kier molecular flexibility index (Phi) is 6.21. The Morgan fingerprint density at radius 2 is 1.45 bits per heavy atom. The molecule has 0 radical (unpaired) electrons. The van der Waals surface area contributed by atoms with Crippen LogP contribution in [0.2, 0.25) is 10.0 Å². The van der Waals surface area contributed by atoms with E-state index >= 15 is 0 Å². The van der Waals surface area contributed by atoms with E-state index < -0.39 is 0 Å². The van der Waals surface area contributed by atoms with Crippen molar-refractivity contribution in [3.63, 3.8) is 0 Å². The van der Waals surface area contributed by atoms with Gasteiger partial charge in [-0.1, -0.05) is 77.3 Å². The fourth-order valence-corrected chi connectivity index (χ4v) is 4.55. The summed E-state index contributed by atoms with van der Waals surface area (Å²) < 4.78 is 14.3. The second kappa shape index (κ2) is 8.85. The van der Waals surface area contributed by atoms with Crippen LogP contribution < -0.4 is 0 Å². The minimum Gasteiger partial charge on any atom is -0.278 e. The van der Waals surface area contributed by atoms with Crippen molar-refractivity contribution in [2.75, 3.05) is 13.1 Å². The molecule has 3 aromatic carbocycles. The lowest BCUT2D eigenvalue weighted by atomic mass is 10.1. The van der Waals surface area contributed by atoms with Crippen molar-refractivity contribution in [2.24, 2.45) is 0 Å². The van der Waals surface area contributed by atoms with Crippen molar-refractivity contribution in [1.29, 1.82) is 0 Å². The van der Waals surface area contributed by atoms with Crippen LogP contribution in [0.3, 0.4) is 0 Å². The second-order valence-electron chi connectivity index (χ2n) is 7.53. The molecule has 150 valence electrons. The van der Waals surface area contributed by atoms with Crippen molar-refractivity contribution in [3.05, 3.63) is 105 Å². The number of aryl methyl sites for hydroxylation is 1. The smallest absolute Gasteiger partial charge is 0.127 e. The molecule has 0 saturated carbocycles. The van der Waals surface area contributed by atoms with E-state index in [0.29, 0.717) is 22.2 Å². The fourth-order valence-electron chi connectivity index (χ4n) is 3.96. The summed E-state index contributed by atoms with van der Waals surface area (Å²) in [6.45, 7) is 5.03. The number of hydrogen-bond donors (Lipinski definition) is 0. The minimum absolute atomic E-state index is 0.114. The van der Waals surface area contributed by atoms with Crippen LogP contribution >= 0.6 is 23.2 Å². The van der Waals surface area contributed by atoms with E-state index in [1.54, 1.807) is 6.07 Å². The highest BCUT2D eigenvalue weighted by Crippen LogP contribution is 2.40. The zero-order valence-electron chi connectivity index (χ0n) is 16.3. The SMILES string of the molecule is Cc1ccc(CN2CCN(Cc3ccccc3F)[C@H]2c2c(Cl)cccc2Cl)cc1. The topological polar surface area (TPSA) is 6.48 Å². The highest BCUT2D eigenvalue weighted by molar-refractivity contribution is 6.36. The van der Waals surface area contributed by atoms with Crippen molar-refractivity contribution in [2.45, 2.75) is 26.2 Å². The van der Waals surface area contributed by atoms with Gasteiger partial charge in [-0.3, -0.25) is 9.80 Å². The van der Waals surface area contributed by atoms with Crippen molar-refractivity contribution >= 4 is 23.2 Å². The summed E-state index contributed by atoms with van der Waals surface area (Å²) in [5.41, 5.74) is 4.04. The molecule has 1 heterocycles. The lowest BCUT2D eigenvalue weighted by molar-refractivity contribution is 0.125. The Bertz CT molecular complexity index is 970. The molecule has 1 fully saturated rings. The first kappa shape index (κ1) is 20.4. The molecule has 2 nitrogen and oxygen atoms in total. The molecule has 0 aromatic heterocycles. The quantitative estimate of drug-likeness (QED) is 0.460. The van der Waals surface area contributed by atoms with E-state index in [0.717, 1.165) is 25.2 Å². The Hall–Kier alpha value is -1.91. The zero-order valence-corrected chi connectivity index (χ0v) is 17.8. The van der Waals surface area contributed by atoms with Crippen LogP contribution in [-0.4, -0.2) is 22.9 Å². The van der Waals surface area contributed by atoms with Gasteiger partial charge in [-0.25, -0.2) is 4.39 Å². The predicted molar refractivity (Wildman–Crippen MR) is 118 cm³/mol. The number of benzene rings is 3. The van der Waals surface area contributed by atoms with Crippen LogP contribution in [0.5, 0.6) is 0 Å². The molecule has 0 aliphatic carbocycles. The number of halogens is 3. The third kappa shape index (κ3) is 4.49. The van der Waals surface area contributed by atoms with Gasteiger partial charge in [0.25, 0.3) is 0 Å². The first-order valence-electron chi connectivity index (χ1n) is 9.74. The summed E-state index contributed by atoms with van der Waals surface area (Å²) in [5, 5.41) is 1.27. The largest absolute Gasteiger partial charge is 0.278 e. The molecule has 1 atom stereocenters. The molecule has 5 heteroatoms. The van der Waals surface area contributed by atoms with Crippen LogP contribution in [0.25, 0.3) is 0 Å². The minimum atomic E-state index is -0.187. The molecule has 0 unspecified atom stereocenters. The first-order chi connectivity index (χ1) is 14.0. The molecular formula is C24H23Cl2FN2. The standard InChI is InChI=1S/C24H23Cl2FN2/c1-17-9-11-18(12-10-17)15-28-13-14-29(16-19-5-2-3-8-22(19)27)24(28)23-20(25)6-4-7-21(23)26/h2-12,24H,13-16H2,1H3/t24-/m0/s1. The summed E-state index contributed by atoms with van der Waals surface area (Å²) in [6.07, 6.45) is -0.114. The molecule has 1 aliphatic heterocycles. The highest BCUT2D eigenvalue weighted by Gasteiger charge is 2.36. The van der Waals surface area contributed by atoms with Gasteiger partial charge in [-0.15, -0.1) is 0 Å². The average Bonchev–Trinajstić information content (AvgIpc) is 3.07. The summed E-state index contributed by atoms with van der Waals surface area (Å²) in [4.78, 5) is 4.61. The van der Waals surface area contributed by atoms with Gasteiger partial charge in [0.05, 0.1) is 6.17 Å². The van der Waals surface area contributed by atoms with E-state index in [4.69, 9.17) is 23.2 Å². The van der Waals surface area contributed by atoms with E-state index in [1.807, 2.05) is 30.3 Å². The average molecular weight is 429 g/mol. The van der Waals surface area contributed by atoms with Crippen molar-refractivity contribution < 1.29 is 4.39 Å². The van der Waals surface area contributed by atoms with Gasteiger partial charge in [0.15, 0.2) is 0 Å². The molecule has 0 spiro atoms. The molecule has 0 bridgehead atoms. The maximum atomic E-state index is 14.3. The van der Waals surface area contributed by atoms with Crippen molar-refractivity contribution in [3.8, 4) is 0 Å². The summed E-state index contributed by atoms with van der Waals surface area (Å²) in [7, 11) is 0. The van der Waals surface area contributed by atoms with Gasteiger partial charge < -0.3 is 0 Å².